The van der Waals surface area contributed by atoms with E-state index in [-0.39, 0.29) is 28.2 Å². The van der Waals surface area contributed by atoms with E-state index >= 15 is 0 Å². The number of hydrogen-bond donors (Lipinski definition) is 2. The van der Waals surface area contributed by atoms with Crippen LogP contribution in [0.5, 0.6) is 5.75 Å². The van der Waals surface area contributed by atoms with Gasteiger partial charge in [0.1, 0.15) is 6.61 Å². The average molecular weight is 365 g/mol. The van der Waals surface area contributed by atoms with Gasteiger partial charge in [-0.1, -0.05) is 5.16 Å². The first-order valence-corrected chi connectivity index (χ1v) is 7.06. The average Bonchev–Trinajstić information content (AvgIpc) is 2.49. The molecule has 3 N–H and O–H groups in total. The Morgan fingerprint density at radius 3 is 2.76 bits per heavy atom. The highest BCUT2D eigenvalue weighted by Crippen LogP contribution is 2.28. The van der Waals surface area contributed by atoms with Crippen LogP contribution in [0.15, 0.2) is 21.8 Å². The van der Waals surface area contributed by atoms with Crippen molar-refractivity contribution in [2.75, 3.05) is 33.5 Å². The van der Waals surface area contributed by atoms with Crippen LogP contribution in [0.4, 0.5) is 4.39 Å². The Bertz CT molecular complexity index is 485. The summed E-state index contributed by atoms with van der Waals surface area (Å²) in [5.41, 5.74) is 5.67. The number of rotatable bonds is 9. The molecule has 0 amide bonds. The van der Waals surface area contributed by atoms with Crippen LogP contribution in [-0.2, 0) is 9.47 Å². The summed E-state index contributed by atoms with van der Waals surface area (Å²) in [5, 5.41) is 11.4. The maximum atomic E-state index is 14.0. The maximum absolute atomic E-state index is 14.0. The molecule has 0 heterocycles. The summed E-state index contributed by atoms with van der Waals surface area (Å²) in [4.78, 5) is 0. The van der Waals surface area contributed by atoms with E-state index in [1.807, 2.05) is 0 Å². The Morgan fingerprint density at radius 1 is 1.33 bits per heavy atom. The summed E-state index contributed by atoms with van der Waals surface area (Å²) in [6.45, 7) is 1.77. The number of ether oxygens (including phenoxy) is 3. The van der Waals surface area contributed by atoms with E-state index < -0.39 is 5.82 Å². The summed E-state index contributed by atoms with van der Waals surface area (Å²) >= 11 is 3.05. The Morgan fingerprint density at radius 2 is 2.10 bits per heavy atom. The molecule has 0 unspecified atom stereocenters. The minimum Gasteiger partial charge on any atom is -0.488 e. The largest absolute Gasteiger partial charge is 0.488 e. The molecule has 0 saturated carbocycles. The first kappa shape index (κ1) is 17.7. The van der Waals surface area contributed by atoms with Crippen LogP contribution < -0.4 is 10.5 Å². The Labute approximate surface area is 130 Å². The van der Waals surface area contributed by atoms with Crippen molar-refractivity contribution in [3.63, 3.8) is 0 Å². The zero-order valence-corrected chi connectivity index (χ0v) is 13.2. The standard InChI is InChI=1S/C13H18BrFN2O4/c1-19-5-2-6-20-7-8-21-10-4-3-9(13(16)17-18)11(14)12(10)15/h3-4,18H,2,5-8H2,1H3,(H2,16,17). The molecule has 0 aliphatic rings. The molecule has 1 aromatic rings. The van der Waals surface area contributed by atoms with Crippen LogP contribution in [-0.4, -0.2) is 44.6 Å². The third-order valence-corrected chi connectivity index (χ3v) is 3.33. The lowest BCUT2D eigenvalue weighted by Crippen LogP contribution is -2.15. The number of nitrogens with two attached hydrogens (primary N) is 1. The van der Waals surface area contributed by atoms with Gasteiger partial charge in [0, 0.05) is 25.9 Å². The van der Waals surface area contributed by atoms with Crippen molar-refractivity contribution >= 4 is 21.8 Å². The number of amidine groups is 1. The van der Waals surface area contributed by atoms with E-state index in [4.69, 9.17) is 25.2 Å². The van der Waals surface area contributed by atoms with Gasteiger partial charge >= 0.3 is 0 Å². The van der Waals surface area contributed by atoms with Crippen molar-refractivity contribution in [1.82, 2.24) is 0 Å². The Hall–Kier alpha value is -1.38. The normalized spacial score (nSPS) is 11.7. The molecule has 0 aromatic heterocycles. The van der Waals surface area contributed by atoms with Crippen molar-refractivity contribution in [1.29, 1.82) is 0 Å². The molecule has 0 saturated heterocycles. The third-order valence-electron chi connectivity index (χ3n) is 2.55. The lowest BCUT2D eigenvalue weighted by atomic mass is 10.2. The molecule has 0 bridgehead atoms. The summed E-state index contributed by atoms with van der Waals surface area (Å²) in [7, 11) is 1.63. The number of benzene rings is 1. The van der Waals surface area contributed by atoms with Gasteiger partial charge in [0.2, 0.25) is 0 Å². The molecule has 0 radical (unpaired) electrons. The van der Waals surface area contributed by atoms with Gasteiger partial charge in [-0.05, 0) is 34.5 Å². The number of methoxy groups -OCH3 is 1. The van der Waals surface area contributed by atoms with E-state index in [1.54, 1.807) is 7.11 Å². The van der Waals surface area contributed by atoms with Crippen molar-refractivity contribution in [3.05, 3.63) is 28.0 Å². The van der Waals surface area contributed by atoms with E-state index in [0.29, 0.717) is 19.8 Å². The lowest BCUT2D eigenvalue weighted by Gasteiger charge is -2.11. The molecule has 0 spiro atoms. The zero-order valence-electron chi connectivity index (χ0n) is 11.6. The van der Waals surface area contributed by atoms with Gasteiger partial charge in [-0.15, -0.1) is 0 Å². The van der Waals surface area contributed by atoms with E-state index in [9.17, 15) is 4.39 Å². The molecular formula is C13H18BrFN2O4. The maximum Gasteiger partial charge on any atom is 0.179 e. The van der Waals surface area contributed by atoms with Gasteiger partial charge in [0.25, 0.3) is 0 Å². The molecule has 0 aliphatic carbocycles. The second kappa shape index (κ2) is 9.54. The second-order valence-electron chi connectivity index (χ2n) is 4.03. The highest BCUT2D eigenvalue weighted by atomic mass is 79.9. The van der Waals surface area contributed by atoms with Gasteiger partial charge in [-0.3, -0.25) is 0 Å². The monoisotopic (exact) mass is 364 g/mol. The smallest absolute Gasteiger partial charge is 0.179 e. The van der Waals surface area contributed by atoms with Crippen LogP contribution in [0.1, 0.15) is 12.0 Å². The predicted molar refractivity (Wildman–Crippen MR) is 79.4 cm³/mol. The highest BCUT2D eigenvalue weighted by Gasteiger charge is 2.14. The second-order valence-corrected chi connectivity index (χ2v) is 4.82. The molecule has 1 rings (SSSR count). The molecule has 6 nitrogen and oxygen atoms in total. The zero-order chi connectivity index (χ0) is 15.7. The molecule has 0 aliphatic heterocycles. The number of halogens is 2. The van der Waals surface area contributed by atoms with Gasteiger partial charge in [-0.2, -0.15) is 0 Å². The fourth-order valence-electron chi connectivity index (χ4n) is 1.51. The Balaban J connectivity index is 2.48. The fraction of sp³-hybridized carbons (Fsp3) is 0.462. The van der Waals surface area contributed by atoms with E-state index in [1.165, 1.54) is 12.1 Å². The summed E-state index contributed by atoms with van der Waals surface area (Å²) in [5.74, 6) is -0.732. The summed E-state index contributed by atoms with van der Waals surface area (Å²) in [6, 6.07) is 2.91. The van der Waals surface area contributed by atoms with Crippen LogP contribution in [0.3, 0.4) is 0 Å². The van der Waals surface area contributed by atoms with Crippen LogP contribution in [0.25, 0.3) is 0 Å². The topological polar surface area (TPSA) is 86.3 Å². The lowest BCUT2D eigenvalue weighted by molar-refractivity contribution is 0.0797. The molecule has 8 heteroatoms. The van der Waals surface area contributed by atoms with Gasteiger partial charge in [0.15, 0.2) is 17.4 Å². The molecular weight excluding hydrogens is 347 g/mol. The van der Waals surface area contributed by atoms with Crippen LogP contribution >= 0.6 is 15.9 Å². The van der Waals surface area contributed by atoms with Crippen molar-refractivity contribution < 1.29 is 23.8 Å². The van der Waals surface area contributed by atoms with Crippen molar-refractivity contribution in [2.24, 2.45) is 10.9 Å². The van der Waals surface area contributed by atoms with Crippen molar-refractivity contribution in [2.45, 2.75) is 6.42 Å². The summed E-state index contributed by atoms with van der Waals surface area (Å²) < 4.78 is 29.6. The molecule has 0 fully saturated rings. The first-order chi connectivity index (χ1) is 10.1. The quantitative estimate of drug-likeness (QED) is 0.230. The van der Waals surface area contributed by atoms with E-state index in [2.05, 4.69) is 21.1 Å². The molecule has 21 heavy (non-hydrogen) atoms. The number of nitrogens with zero attached hydrogens (tertiary/aromatic N) is 1. The van der Waals surface area contributed by atoms with Crippen LogP contribution in [0, 0.1) is 5.82 Å². The number of oxime groups is 1. The third kappa shape index (κ3) is 5.49. The van der Waals surface area contributed by atoms with Crippen LogP contribution in [0.2, 0.25) is 0 Å². The SMILES string of the molecule is COCCCOCCOc1ccc(/C(N)=N/O)c(Br)c1F. The molecule has 0 atom stereocenters. The predicted octanol–water partition coefficient (Wildman–Crippen LogP) is 2.11. The number of hydrogen-bond acceptors (Lipinski definition) is 5. The van der Waals surface area contributed by atoms with E-state index in [0.717, 1.165) is 6.42 Å². The van der Waals surface area contributed by atoms with Gasteiger partial charge in [0.05, 0.1) is 11.1 Å². The Kier molecular flexibility index (Phi) is 8.03. The minimum absolute atomic E-state index is 0.0665. The first-order valence-electron chi connectivity index (χ1n) is 6.27. The van der Waals surface area contributed by atoms with Gasteiger partial charge < -0.3 is 25.2 Å². The minimum atomic E-state index is -0.613. The highest BCUT2D eigenvalue weighted by molar-refractivity contribution is 9.10. The fourth-order valence-corrected chi connectivity index (χ4v) is 2.04. The van der Waals surface area contributed by atoms with Crippen molar-refractivity contribution in [3.8, 4) is 5.75 Å². The molecule has 118 valence electrons. The summed E-state index contributed by atoms with van der Waals surface area (Å²) in [6.07, 6.45) is 0.797. The molecule has 1 aromatic carbocycles. The van der Waals surface area contributed by atoms with Gasteiger partial charge in [-0.25, -0.2) is 4.39 Å².